The average molecular weight is 505 g/mol. The van der Waals surface area contributed by atoms with Crippen LogP contribution >= 0.6 is 11.6 Å². The van der Waals surface area contributed by atoms with Crippen LogP contribution in [0.5, 0.6) is 0 Å². The molecule has 0 radical (unpaired) electrons. The number of carbonyl (C=O) groups is 4. The van der Waals surface area contributed by atoms with Crippen LogP contribution in [0.4, 0.5) is 5.69 Å². The van der Waals surface area contributed by atoms with Crippen molar-refractivity contribution in [1.29, 1.82) is 0 Å². The SMILES string of the molecule is C=C1CCC(N2C(=O)C=C(Nc3cccc4c3CN(C(=O)Cc3ccc(C)c(Cl)c3)C4)C2=O)C(=O)N1. The second-order valence-electron chi connectivity index (χ2n) is 9.30. The van der Waals surface area contributed by atoms with E-state index in [2.05, 4.69) is 17.2 Å². The van der Waals surface area contributed by atoms with Gasteiger partial charge in [0.25, 0.3) is 11.8 Å². The number of benzene rings is 2. The van der Waals surface area contributed by atoms with Gasteiger partial charge in [-0.3, -0.25) is 24.1 Å². The molecule has 1 fully saturated rings. The van der Waals surface area contributed by atoms with Gasteiger partial charge in [0, 0.05) is 35.6 Å². The van der Waals surface area contributed by atoms with Gasteiger partial charge in [0.2, 0.25) is 11.8 Å². The molecule has 3 heterocycles. The molecule has 4 amide bonds. The van der Waals surface area contributed by atoms with Gasteiger partial charge in [0.15, 0.2) is 0 Å². The fraction of sp³-hybridized carbons (Fsp3) is 0.259. The van der Waals surface area contributed by atoms with Crippen LogP contribution in [0, 0.1) is 6.92 Å². The lowest BCUT2D eigenvalue weighted by atomic mass is 10.0. The molecule has 1 atom stereocenters. The zero-order chi connectivity index (χ0) is 25.6. The molecule has 184 valence electrons. The fourth-order valence-corrected chi connectivity index (χ4v) is 4.97. The second-order valence-corrected chi connectivity index (χ2v) is 9.70. The van der Waals surface area contributed by atoms with E-state index >= 15 is 0 Å². The summed E-state index contributed by atoms with van der Waals surface area (Å²) in [6.45, 7) is 6.48. The molecule has 0 bridgehead atoms. The number of nitrogens with one attached hydrogen (secondary N) is 2. The van der Waals surface area contributed by atoms with E-state index in [0.717, 1.165) is 27.2 Å². The minimum atomic E-state index is -0.865. The van der Waals surface area contributed by atoms with Crippen molar-refractivity contribution in [3.63, 3.8) is 0 Å². The summed E-state index contributed by atoms with van der Waals surface area (Å²) in [6.07, 6.45) is 2.30. The van der Waals surface area contributed by atoms with E-state index in [1.807, 2.05) is 43.3 Å². The van der Waals surface area contributed by atoms with Crippen molar-refractivity contribution in [3.05, 3.63) is 87.7 Å². The number of carbonyl (C=O) groups excluding carboxylic acids is 4. The Morgan fingerprint density at radius 2 is 2.00 bits per heavy atom. The minimum Gasteiger partial charge on any atom is -0.351 e. The van der Waals surface area contributed by atoms with Crippen LogP contribution in [0.15, 0.2) is 60.4 Å². The monoisotopic (exact) mass is 504 g/mol. The predicted octanol–water partition coefficient (Wildman–Crippen LogP) is 3.19. The van der Waals surface area contributed by atoms with E-state index in [1.165, 1.54) is 6.08 Å². The van der Waals surface area contributed by atoms with Crippen LogP contribution in [0.3, 0.4) is 0 Å². The highest BCUT2D eigenvalue weighted by Gasteiger charge is 2.41. The van der Waals surface area contributed by atoms with Crippen LogP contribution in [0.25, 0.3) is 0 Å². The Labute approximate surface area is 213 Å². The molecular formula is C27H25ClN4O4. The maximum atomic E-state index is 13.1. The quantitative estimate of drug-likeness (QED) is 0.609. The number of halogens is 1. The van der Waals surface area contributed by atoms with Gasteiger partial charge in [0.05, 0.1) is 6.42 Å². The average Bonchev–Trinajstić information content (AvgIpc) is 3.39. The van der Waals surface area contributed by atoms with Gasteiger partial charge in [-0.25, -0.2) is 0 Å². The number of anilines is 1. The second kappa shape index (κ2) is 9.28. The molecule has 0 aromatic heterocycles. The maximum absolute atomic E-state index is 13.1. The molecule has 1 unspecified atom stereocenters. The summed E-state index contributed by atoms with van der Waals surface area (Å²) in [5, 5.41) is 6.33. The van der Waals surface area contributed by atoms with Gasteiger partial charge in [-0.2, -0.15) is 0 Å². The summed E-state index contributed by atoms with van der Waals surface area (Å²) in [5.74, 6) is -1.52. The van der Waals surface area contributed by atoms with Crippen molar-refractivity contribution in [1.82, 2.24) is 15.1 Å². The summed E-state index contributed by atoms with van der Waals surface area (Å²) < 4.78 is 0. The zero-order valence-corrected chi connectivity index (χ0v) is 20.5. The Morgan fingerprint density at radius 3 is 2.75 bits per heavy atom. The van der Waals surface area contributed by atoms with Crippen LogP contribution in [-0.2, 0) is 38.7 Å². The molecule has 36 heavy (non-hydrogen) atoms. The standard InChI is InChI=1S/C27H25ClN4O4/c1-15-6-8-17(10-20(15)28)11-24(33)31-13-18-4-3-5-21(19(18)14-31)30-22-12-25(34)32(27(22)36)23-9-7-16(2)29-26(23)35/h3-6,8,10,12,23,30H,2,7,9,11,13-14H2,1H3,(H,29,35). The Balaban J connectivity index is 1.29. The van der Waals surface area contributed by atoms with Crippen molar-refractivity contribution >= 4 is 40.9 Å². The molecule has 0 saturated carbocycles. The van der Waals surface area contributed by atoms with Crippen molar-refractivity contribution in [2.75, 3.05) is 5.32 Å². The number of imide groups is 1. The number of piperidine rings is 1. The fourth-order valence-electron chi connectivity index (χ4n) is 4.77. The van der Waals surface area contributed by atoms with Gasteiger partial charge >= 0.3 is 0 Å². The van der Waals surface area contributed by atoms with Crippen LogP contribution < -0.4 is 10.6 Å². The first-order valence-electron chi connectivity index (χ1n) is 11.7. The van der Waals surface area contributed by atoms with E-state index in [0.29, 0.717) is 42.3 Å². The summed E-state index contributed by atoms with van der Waals surface area (Å²) in [7, 11) is 0. The largest absolute Gasteiger partial charge is 0.351 e. The number of amides is 4. The summed E-state index contributed by atoms with van der Waals surface area (Å²) in [6, 6.07) is 10.3. The zero-order valence-electron chi connectivity index (χ0n) is 19.8. The molecule has 0 spiro atoms. The number of allylic oxidation sites excluding steroid dienone is 1. The number of hydrogen-bond donors (Lipinski definition) is 2. The Kier molecular flexibility index (Phi) is 6.14. The van der Waals surface area contributed by atoms with E-state index in [9.17, 15) is 19.2 Å². The molecule has 3 aliphatic rings. The van der Waals surface area contributed by atoms with Crippen molar-refractivity contribution in [2.24, 2.45) is 0 Å². The van der Waals surface area contributed by atoms with E-state index < -0.39 is 23.8 Å². The third kappa shape index (κ3) is 4.40. The lowest BCUT2D eigenvalue weighted by Gasteiger charge is -2.29. The minimum absolute atomic E-state index is 0.0283. The van der Waals surface area contributed by atoms with Crippen molar-refractivity contribution in [3.8, 4) is 0 Å². The lowest BCUT2D eigenvalue weighted by Crippen LogP contribution is -2.52. The Bertz CT molecular complexity index is 1370. The van der Waals surface area contributed by atoms with Crippen molar-refractivity contribution in [2.45, 2.75) is 45.3 Å². The third-order valence-corrected chi connectivity index (χ3v) is 7.19. The van der Waals surface area contributed by atoms with Gasteiger partial charge in [-0.05, 0) is 54.2 Å². The summed E-state index contributed by atoms with van der Waals surface area (Å²) in [4.78, 5) is 53.8. The molecule has 2 N–H and O–H groups in total. The molecule has 3 aliphatic heterocycles. The van der Waals surface area contributed by atoms with Gasteiger partial charge < -0.3 is 15.5 Å². The molecule has 9 heteroatoms. The molecule has 0 aliphatic carbocycles. The first kappa shape index (κ1) is 23.8. The maximum Gasteiger partial charge on any atom is 0.278 e. The summed E-state index contributed by atoms with van der Waals surface area (Å²) >= 11 is 6.21. The van der Waals surface area contributed by atoms with E-state index in [-0.39, 0.29) is 18.0 Å². The molecule has 1 saturated heterocycles. The molecular weight excluding hydrogens is 480 g/mol. The highest BCUT2D eigenvalue weighted by Crippen LogP contribution is 2.32. The van der Waals surface area contributed by atoms with Gasteiger partial charge in [-0.15, -0.1) is 0 Å². The van der Waals surface area contributed by atoms with E-state index in [4.69, 9.17) is 11.6 Å². The topological polar surface area (TPSA) is 98.8 Å². The van der Waals surface area contributed by atoms with Crippen LogP contribution in [0.2, 0.25) is 5.02 Å². The lowest BCUT2D eigenvalue weighted by molar-refractivity contribution is -0.146. The molecule has 2 aromatic rings. The molecule has 5 rings (SSSR count). The van der Waals surface area contributed by atoms with Crippen LogP contribution in [0.1, 0.15) is 35.1 Å². The number of fused-ring (bicyclic) bond motifs is 1. The third-order valence-electron chi connectivity index (χ3n) is 6.79. The van der Waals surface area contributed by atoms with Gasteiger partial charge in [0.1, 0.15) is 11.7 Å². The first-order chi connectivity index (χ1) is 17.2. The normalized spacial score (nSPS) is 19.4. The molecule has 2 aromatic carbocycles. The van der Waals surface area contributed by atoms with Gasteiger partial charge in [-0.1, -0.05) is 42.4 Å². The Morgan fingerprint density at radius 1 is 1.19 bits per heavy atom. The predicted molar refractivity (Wildman–Crippen MR) is 134 cm³/mol. The molecule has 8 nitrogen and oxygen atoms in total. The Hall–Kier alpha value is -3.91. The first-order valence-corrected chi connectivity index (χ1v) is 12.1. The smallest absolute Gasteiger partial charge is 0.278 e. The highest BCUT2D eigenvalue weighted by atomic mass is 35.5. The highest BCUT2D eigenvalue weighted by molar-refractivity contribution is 6.31. The number of nitrogens with zero attached hydrogens (tertiary/aromatic N) is 2. The number of aryl methyl sites for hydroxylation is 1. The summed E-state index contributed by atoms with van der Waals surface area (Å²) in [5.41, 5.74) is 4.99. The number of rotatable bonds is 5. The number of hydrogen-bond acceptors (Lipinski definition) is 5. The van der Waals surface area contributed by atoms with E-state index in [1.54, 1.807) is 4.90 Å². The van der Waals surface area contributed by atoms with Crippen LogP contribution in [-0.4, -0.2) is 39.5 Å². The van der Waals surface area contributed by atoms with Crippen molar-refractivity contribution < 1.29 is 19.2 Å².